The Morgan fingerprint density at radius 1 is 1.21 bits per heavy atom. The van der Waals surface area contributed by atoms with E-state index in [1.54, 1.807) is 18.2 Å². The van der Waals surface area contributed by atoms with Crippen molar-refractivity contribution < 1.29 is 22.7 Å². The van der Waals surface area contributed by atoms with Gasteiger partial charge in [0.25, 0.3) is 5.91 Å². The molecule has 0 spiro atoms. The van der Waals surface area contributed by atoms with Crippen LogP contribution in [0.4, 0.5) is 0 Å². The van der Waals surface area contributed by atoms with Crippen molar-refractivity contribution in [3.63, 3.8) is 0 Å². The van der Waals surface area contributed by atoms with E-state index >= 15 is 0 Å². The number of halogens is 1. The number of carbonyl (C=O) groups excluding carboxylic acids is 1. The van der Waals surface area contributed by atoms with Crippen LogP contribution in [0, 0.1) is 6.92 Å². The minimum absolute atomic E-state index is 0.0950. The maximum absolute atomic E-state index is 12.7. The SMILES string of the molecule is Cc1ccc(OCCNC(=O)c2cccc(S(=O)(=O)N3CCOCC3)c2)cc1Cl. The van der Waals surface area contributed by atoms with E-state index in [1.807, 2.05) is 19.1 Å². The Bertz CT molecular complexity index is 975. The molecule has 0 aromatic heterocycles. The molecule has 0 aliphatic carbocycles. The molecule has 1 aliphatic rings. The number of amides is 1. The summed E-state index contributed by atoms with van der Waals surface area (Å²) in [7, 11) is -3.65. The lowest BCUT2D eigenvalue weighted by atomic mass is 10.2. The van der Waals surface area contributed by atoms with Crippen LogP contribution in [0.2, 0.25) is 5.02 Å². The molecule has 1 amide bonds. The van der Waals surface area contributed by atoms with Crippen molar-refractivity contribution in [1.29, 1.82) is 0 Å². The van der Waals surface area contributed by atoms with Crippen LogP contribution in [0.25, 0.3) is 0 Å². The number of ether oxygens (including phenoxy) is 2. The molecule has 1 fully saturated rings. The molecule has 1 aliphatic heterocycles. The number of rotatable bonds is 7. The van der Waals surface area contributed by atoms with E-state index in [1.165, 1.54) is 16.4 Å². The van der Waals surface area contributed by atoms with E-state index in [2.05, 4.69) is 5.32 Å². The predicted octanol–water partition coefficient (Wildman–Crippen LogP) is 2.48. The van der Waals surface area contributed by atoms with Gasteiger partial charge in [0.05, 0.1) is 24.7 Å². The minimum atomic E-state index is -3.65. The Labute approximate surface area is 175 Å². The van der Waals surface area contributed by atoms with Crippen molar-refractivity contribution in [3.8, 4) is 5.75 Å². The van der Waals surface area contributed by atoms with E-state index in [4.69, 9.17) is 21.1 Å². The van der Waals surface area contributed by atoms with Crippen molar-refractivity contribution in [1.82, 2.24) is 9.62 Å². The largest absolute Gasteiger partial charge is 0.492 e. The molecule has 1 N–H and O–H groups in total. The first-order valence-electron chi connectivity index (χ1n) is 9.23. The Morgan fingerprint density at radius 3 is 2.69 bits per heavy atom. The number of morpholine rings is 1. The van der Waals surface area contributed by atoms with Crippen LogP contribution < -0.4 is 10.1 Å². The van der Waals surface area contributed by atoms with E-state index in [0.717, 1.165) is 5.56 Å². The van der Waals surface area contributed by atoms with Gasteiger partial charge in [-0.1, -0.05) is 23.7 Å². The minimum Gasteiger partial charge on any atom is -0.492 e. The van der Waals surface area contributed by atoms with Crippen molar-refractivity contribution in [2.45, 2.75) is 11.8 Å². The number of sulfonamides is 1. The summed E-state index contributed by atoms with van der Waals surface area (Å²) in [5.74, 6) is 0.253. The molecule has 7 nitrogen and oxygen atoms in total. The quantitative estimate of drug-likeness (QED) is 0.671. The topological polar surface area (TPSA) is 84.9 Å². The molecule has 0 bridgehead atoms. The second-order valence-electron chi connectivity index (χ2n) is 6.56. The molecule has 156 valence electrons. The van der Waals surface area contributed by atoms with Crippen LogP contribution >= 0.6 is 11.6 Å². The van der Waals surface area contributed by atoms with Gasteiger partial charge in [-0.3, -0.25) is 4.79 Å². The maximum atomic E-state index is 12.7. The van der Waals surface area contributed by atoms with Gasteiger partial charge in [0.15, 0.2) is 0 Å². The van der Waals surface area contributed by atoms with Crippen LogP contribution in [0.3, 0.4) is 0 Å². The van der Waals surface area contributed by atoms with Crippen LogP contribution in [0.5, 0.6) is 5.75 Å². The second kappa shape index (κ2) is 9.58. The normalized spacial score (nSPS) is 15.1. The van der Waals surface area contributed by atoms with Crippen molar-refractivity contribution in [3.05, 3.63) is 58.6 Å². The monoisotopic (exact) mass is 438 g/mol. The van der Waals surface area contributed by atoms with Gasteiger partial charge in [0.2, 0.25) is 10.0 Å². The van der Waals surface area contributed by atoms with Crippen LogP contribution in [0.15, 0.2) is 47.4 Å². The molecule has 2 aromatic carbocycles. The summed E-state index contributed by atoms with van der Waals surface area (Å²) in [6.45, 7) is 3.77. The van der Waals surface area contributed by atoms with Crippen molar-refractivity contribution in [2.24, 2.45) is 0 Å². The zero-order valence-corrected chi connectivity index (χ0v) is 17.6. The summed E-state index contributed by atoms with van der Waals surface area (Å²) in [5, 5.41) is 3.34. The summed E-state index contributed by atoms with van der Waals surface area (Å²) < 4.78 is 37.6. The Morgan fingerprint density at radius 2 is 1.97 bits per heavy atom. The molecule has 0 radical (unpaired) electrons. The molecule has 0 atom stereocenters. The average Bonchev–Trinajstić information content (AvgIpc) is 2.74. The number of hydrogen-bond acceptors (Lipinski definition) is 5. The lowest BCUT2D eigenvalue weighted by Gasteiger charge is -2.26. The van der Waals surface area contributed by atoms with Crippen LogP contribution in [-0.2, 0) is 14.8 Å². The molecular weight excluding hydrogens is 416 g/mol. The number of benzene rings is 2. The zero-order valence-electron chi connectivity index (χ0n) is 16.1. The van der Waals surface area contributed by atoms with Gasteiger partial charge in [-0.2, -0.15) is 4.31 Å². The average molecular weight is 439 g/mol. The molecule has 29 heavy (non-hydrogen) atoms. The summed E-state index contributed by atoms with van der Waals surface area (Å²) in [6.07, 6.45) is 0. The third-order valence-corrected chi connectivity index (χ3v) is 6.81. The molecule has 1 saturated heterocycles. The third kappa shape index (κ3) is 5.48. The van der Waals surface area contributed by atoms with Gasteiger partial charge >= 0.3 is 0 Å². The first-order chi connectivity index (χ1) is 13.9. The van der Waals surface area contributed by atoms with Crippen molar-refractivity contribution in [2.75, 3.05) is 39.5 Å². The molecule has 3 rings (SSSR count). The highest BCUT2D eigenvalue weighted by Crippen LogP contribution is 2.21. The van der Waals surface area contributed by atoms with Crippen molar-refractivity contribution >= 4 is 27.5 Å². The Hall–Kier alpha value is -2.13. The Kier molecular flexibility index (Phi) is 7.13. The van der Waals surface area contributed by atoms with Crippen LogP contribution in [0.1, 0.15) is 15.9 Å². The third-order valence-electron chi connectivity index (χ3n) is 4.50. The fraction of sp³-hybridized carbons (Fsp3) is 0.350. The number of carbonyl (C=O) groups is 1. The molecule has 0 saturated carbocycles. The molecule has 2 aromatic rings. The smallest absolute Gasteiger partial charge is 0.251 e. The number of nitrogens with zero attached hydrogens (tertiary/aromatic N) is 1. The fourth-order valence-electron chi connectivity index (χ4n) is 2.83. The van der Waals surface area contributed by atoms with Gasteiger partial charge in [-0.25, -0.2) is 8.42 Å². The van der Waals surface area contributed by atoms with Gasteiger partial charge in [0, 0.05) is 23.7 Å². The van der Waals surface area contributed by atoms with Gasteiger partial charge in [0.1, 0.15) is 12.4 Å². The second-order valence-corrected chi connectivity index (χ2v) is 8.90. The standard InChI is InChI=1S/C20H23ClN2O5S/c1-15-5-6-17(14-19(15)21)28-10-7-22-20(24)16-3-2-4-18(13-16)29(25,26)23-8-11-27-12-9-23/h2-6,13-14H,7-12H2,1H3,(H,22,24). The predicted molar refractivity (Wildman–Crippen MR) is 110 cm³/mol. The van der Waals surface area contributed by atoms with Gasteiger partial charge < -0.3 is 14.8 Å². The number of aryl methyl sites for hydroxylation is 1. The lowest BCUT2D eigenvalue weighted by molar-refractivity contribution is 0.0730. The van der Waals surface area contributed by atoms with E-state index < -0.39 is 10.0 Å². The first-order valence-corrected chi connectivity index (χ1v) is 11.0. The number of hydrogen-bond donors (Lipinski definition) is 1. The highest BCUT2D eigenvalue weighted by Gasteiger charge is 2.26. The highest BCUT2D eigenvalue weighted by molar-refractivity contribution is 7.89. The summed E-state index contributed by atoms with van der Waals surface area (Å²) in [5.41, 5.74) is 1.23. The fourth-order valence-corrected chi connectivity index (χ4v) is 4.46. The van der Waals surface area contributed by atoms with E-state index in [-0.39, 0.29) is 29.5 Å². The molecule has 9 heteroatoms. The maximum Gasteiger partial charge on any atom is 0.251 e. The van der Waals surface area contributed by atoms with Gasteiger partial charge in [-0.15, -0.1) is 0 Å². The summed E-state index contributed by atoms with van der Waals surface area (Å²) in [4.78, 5) is 12.5. The van der Waals surface area contributed by atoms with E-state index in [9.17, 15) is 13.2 Å². The first kappa shape index (κ1) is 21.6. The van der Waals surface area contributed by atoms with Gasteiger partial charge in [-0.05, 0) is 42.8 Å². The molecular formula is C20H23ClN2O5S. The Balaban J connectivity index is 1.57. The highest BCUT2D eigenvalue weighted by atomic mass is 35.5. The molecule has 0 unspecified atom stereocenters. The summed E-state index contributed by atoms with van der Waals surface area (Å²) >= 11 is 6.06. The molecule has 1 heterocycles. The summed E-state index contributed by atoms with van der Waals surface area (Å²) in [6, 6.07) is 11.4. The zero-order chi connectivity index (χ0) is 20.9. The van der Waals surface area contributed by atoms with E-state index in [0.29, 0.717) is 37.1 Å². The number of nitrogens with one attached hydrogen (secondary N) is 1. The van der Waals surface area contributed by atoms with Crippen LogP contribution in [-0.4, -0.2) is 58.1 Å². The lowest BCUT2D eigenvalue weighted by Crippen LogP contribution is -2.40.